The minimum Gasteiger partial charge on any atom is -0.368 e. The van der Waals surface area contributed by atoms with Gasteiger partial charge in [-0.15, -0.1) is 5.10 Å². The predicted octanol–water partition coefficient (Wildman–Crippen LogP) is 3.23. The summed E-state index contributed by atoms with van der Waals surface area (Å²) in [5.41, 5.74) is 11.9. The molecule has 1 saturated carbocycles. The molecule has 1 saturated heterocycles. The number of nitrogens with zero attached hydrogens (tertiary/aromatic N) is 5. The molecule has 1 aliphatic heterocycles. The molecule has 32 heavy (non-hydrogen) atoms. The maximum atomic E-state index is 6.21. The summed E-state index contributed by atoms with van der Waals surface area (Å²) in [5.74, 6) is 2.24. The summed E-state index contributed by atoms with van der Waals surface area (Å²) in [6.07, 6.45) is 2.16. The van der Waals surface area contributed by atoms with E-state index in [9.17, 15) is 0 Å². The van der Waals surface area contributed by atoms with E-state index in [2.05, 4.69) is 39.5 Å². The van der Waals surface area contributed by atoms with Crippen LogP contribution in [0.1, 0.15) is 47.2 Å². The minimum atomic E-state index is 0.375. The van der Waals surface area contributed by atoms with E-state index < -0.39 is 0 Å². The van der Waals surface area contributed by atoms with E-state index in [0.717, 1.165) is 73.5 Å². The Morgan fingerprint density at radius 3 is 2.56 bits per heavy atom. The molecule has 3 N–H and O–H groups in total. The van der Waals surface area contributed by atoms with Crippen molar-refractivity contribution in [3.63, 3.8) is 0 Å². The number of rotatable bonds is 4. The third-order valence-electron chi connectivity index (χ3n) is 7.12. The van der Waals surface area contributed by atoms with Gasteiger partial charge in [-0.1, -0.05) is 36.4 Å². The van der Waals surface area contributed by atoms with Crippen molar-refractivity contribution in [1.29, 1.82) is 0 Å². The first-order chi connectivity index (χ1) is 15.7. The number of nitrogen functional groups attached to an aromatic ring is 1. The Morgan fingerprint density at radius 2 is 1.78 bits per heavy atom. The lowest BCUT2D eigenvalue weighted by Crippen LogP contribution is -2.42. The molecule has 2 aromatic heterocycles. The third kappa shape index (κ3) is 3.42. The summed E-state index contributed by atoms with van der Waals surface area (Å²) >= 11 is 0. The molecule has 164 valence electrons. The van der Waals surface area contributed by atoms with Crippen molar-refractivity contribution in [1.82, 2.24) is 29.8 Å². The summed E-state index contributed by atoms with van der Waals surface area (Å²) in [7, 11) is 0. The number of piperazine rings is 1. The Hall–Kier alpha value is -3.03. The molecular formula is C25H29N7. The fourth-order valence-electron chi connectivity index (χ4n) is 5.11. The molecule has 2 fully saturated rings. The highest BCUT2D eigenvalue weighted by molar-refractivity contribution is 5.94. The summed E-state index contributed by atoms with van der Waals surface area (Å²) in [6.45, 7) is 7.54. The van der Waals surface area contributed by atoms with Crippen molar-refractivity contribution in [2.75, 3.05) is 31.9 Å². The largest absolute Gasteiger partial charge is 0.368 e. The number of nitrogens with two attached hydrogens (primary N) is 1. The lowest BCUT2D eigenvalue weighted by molar-refractivity contribution is 0.233. The topological polar surface area (TPSA) is 84.4 Å². The molecule has 0 atom stereocenters. The monoisotopic (exact) mass is 427 g/mol. The Bertz CT molecular complexity index is 1270. The van der Waals surface area contributed by atoms with Gasteiger partial charge in [-0.2, -0.15) is 4.52 Å². The van der Waals surface area contributed by atoms with Gasteiger partial charge in [0.1, 0.15) is 0 Å². The molecule has 6 rings (SSSR count). The first-order valence-corrected chi connectivity index (χ1v) is 11.6. The second-order valence-electron chi connectivity index (χ2n) is 9.28. The normalized spacial score (nSPS) is 21.8. The molecular weight excluding hydrogens is 398 g/mol. The molecule has 0 bridgehead atoms. The highest BCUT2D eigenvalue weighted by Gasteiger charge is 2.34. The van der Waals surface area contributed by atoms with Crippen LogP contribution in [-0.4, -0.2) is 50.7 Å². The van der Waals surface area contributed by atoms with Gasteiger partial charge in [0.15, 0.2) is 11.5 Å². The first-order valence-electron chi connectivity index (χ1n) is 11.6. The molecule has 7 nitrogen and oxygen atoms in total. The lowest BCUT2D eigenvalue weighted by Gasteiger charge is -2.34. The Balaban J connectivity index is 1.17. The van der Waals surface area contributed by atoms with Crippen LogP contribution >= 0.6 is 0 Å². The first kappa shape index (κ1) is 19.6. The predicted molar refractivity (Wildman–Crippen MR) is 127 cm³/mol. The quantitative estimate of drug-likeness (QED) is 0.520. The number of aromatic nitrogens is 4. The second kappa shape index (κ2) is 7.83. The Kier molecular flexibility index (Phi) is 4.81. The van der Waals surface area contributed by atoms with Crippen LogP contribution in [0.4, 0.5) is 5.95 Å². The zero-order valence-corrected chi connectivity index (χ0v) is 18.5. The fraction of sp³-hybridized carbons (Fsp3) is 0.400. The molecule has 0 amide bonds. The van der Waals surface area contributed by atoms with E-state index in [0.29, 0.717) is 17.8 Å². The maximum Gasteiger partial charge on any atom is 0.223 e. The maximum absolute atomic E-state index is 6.21. The zero-order valence-electron chi connectivity index (χ0n) is 18.5. The van der Waals surface area contributed by atoms with Gasteiger partial charge in [0.25, 0.3) is 0 Å². The Morgan fingerprint density at radius 1 is 1.00 bits per heavy atom. The van der Waals surface area contributed by atoms with Gasteiger partial charge in [-0.25, -0.2) is 9.97 Å². The molecule has 0 unspecified atom stereocenters. The number of benzene rings is 2. The van der Waals surface area contributed by atoms with Crippen molar-refractivity contribution < 1.29 is 0 Å². The van der Waals surface area contributed by atoms with E-state index in [1.807, 2.05) is 25.1 Å². The third-order valence-corrected chi connectivity index (χ3v) is 7.12. The fourth-order valence-corrected chi connectivity index (χ4v) is 5.11. The smallest absolute Gasteiger partial charge is 0.223 e. The average Bonchev–Trinajstić information content (AvgIpc) is 3.21. The summed E-state index contributed by atoms with van der Waals surface area (Å²) in [6, 6.07) is 15.4. The average molecular weight is 428 g/mol. The van der Waals surface area contributed by atoms with Crippen molar-refractivity contribution in [3.05, 3.63) is 65.0 Å². The number of anilines is 1. The molecule has 2 aliphatic rings. The van der Waals surface area contributed by atoms with Crippen LogP contribution in [0.5, 0.6) is 0 Å². The SMILES string of the molecule is Cc1cccc2c1nc(N)n1nc(C3CC(c4ccc(CN5CCNCC5)cc4)C3)nc21. The van der Waals surface area contributed by atoms with Crippen LogP contribution in [0.25, 0.3) is 16.6 Å². The van der Waals surface area contributed by atoms with E-state index in [-0.39, 0.29) is 0 Å². The van der Waals surface area contributed by atoms with Crippen molar-refractivity contribution in [3.8, 4) is 0 Å². The number of para-hydroxylation sites is 1. The second-order valence-corrected chi connectivity index (χ2v) is 9.28. The molecule has 1 aliphatic carbocycles. The number of hydrogen-bond acceptors (Lipinski definition) is 6. The van der Waals surface area contributed by atoms with Gasteiger partial charge in [0.05, 0.1) is 5.52 Å². The van der Waals surface area contributed by atoms with Gasteiger partial charge >= 0.3 is 0 Å². The van der Waals surface area contributed by atoms with Crippen LogP contribution in [0.2, 0.25) is 0 Å². The van der Waals surface area contributed by atoms with E-state index in [1.54, 1.807) is 4.52 Å². The van der Waals surface area contributed by atoms with E-state index in [4.69, 9.17) is 15.8 Å². The van der Waals surface area contributed by atoms with Crippen LogP contribution in [0, 0.1) is 6.92 Å². The zero-order chi connectivity index (χ0) is 21.7. The van der Waals surface area contributed by atoms with E-state index in [1.165, 1.54) is 11.1 Å². The van der Waals surface area contributed by atoms with Crippen LogP contribution in [-0.2, 0) is 6.54 Å². The lowest BCUT2D eigenvalue weighted by atomic mass is 9.71. The van der Waals surface area contributed by atoms with Crippen molar-refractivity contribution in [2.24, 2.45) is 0 Å². The summed E-state index contributed by atoms with van der Waals surface area (Å²) in [4.78, 5) is 12.0. The van der Waals surface area contributed by atoms with Crippen LogP contribution < -0.4 is 11.1 Å². The summed E-state index contributed by atoms with van der Waals surface area (Å²) < 4.78 is 1.70. The van der Waals surface area contributed by atoms with Gasteiger partial charge in [-0.05, 0) is 48.4 Å². The number of nitrogens with one attached hydrogen (secondary N) is 1. The Labute approximate surface area is 187 Å². The van der Waals surface area contributed by atoms with Gasteiger partial charge in [-0.3, -0.25) is 4.90 Å². The molecule has 4 aromatic rings. The van der Waals surface area contributed by atoms with Crippen LogP contribution in [0.3, 0.4) is 0 Å². The minimum absolute atomic E-state index is 0.375. The van der Waals surface area contributed by atoms with Crippen LogP contribution in [0.15, 0.2) is 42.5 Å². The van der Waals surface area contributed by atoms with Crippen molar-refractivity contribution in [2.45, 2.75) is 38.1 Å². The number of aryl methyl sites for hydroxylation is 1. The van der Waals surface area contributed by atoms with Crippen molar-refractivity contribution >= 4 is 22.5 Å². The molecule has 0 radical (unpaired) electrons. The molecule has 7 heteroatoms. The molecule has 3 heterocycles. The van der Waals surface area contributed by atoms with Gasteiger partial charge in [0, 0.05) is 44.0 Å². The standard InChI is InChI=1S/C25H29N7/c1-16-3-2-4-21-22(16)28-25(26)32-24(21)29-23(30-32)20-13-19(14-20)18-7-5-17(6-8-18)15-31-11-9-27-10-12-31/h2-8,19-20,27H,9-15H2,1H3,(H2,26,28). The number of hydrogen-bond donors (Lipinski definition) is 2. The highest BCUT2D eigenvalue weighted by Crippen LogP contribution is 2.46. The number of fused-ring (bicyclic) bond motifs is 3. The molecule has 0 spiro atoms. The highest BCUT2D eigenvalue weighted by atomic mass is 15.4. The summed E-state index contributed by atoms with van der Waals surface area (Å²) in [5, 5.41) is 9.15. The van der Waals surface area contributed by atoms with Gasteiger partial charge < -0.3 is 11.1 Å². The van der Waals surface area contributed by atoms with Gasteiger partial charge in [0.2, 0.25) is 5.95 Å². The molecule has 2 aromatic carbocycles. The van der Waals surface area contributed by atoms with E-state index >= 15 is 0 Å².